The molecule has 2 nitrogen and oxygen atoms in total. The summed E-state index contributed by atoms with van der Waals surface area (Å²) in [6.07, 6.45) is 0.266. The van der Waals surface area contributed by atoms with E-state index in [4.69, 9.17) is 33.7 Å². The molecule has 0 amide bonds. The Bertz CT molecular complexity index is 599. The number of rotatable bonds is 4. The number of hydrogen-bond acceptors (Lipinski definition) is 2. The average molecular weight is 314 g/mol. The van der Waals surface area contributed by atoms with Crippen LogP contribution in [0.15, 0.2) is 36.4 Å². The van der Waals surface area contributed by atoms with Crippen LogP contribution in [0.3, 0.4) is 0 Å². The first-order chi connectivity index (χ1) is 9.52. The molecule has 0 aliphatic heterocycles. The van der Waals surface area contributed by atoms with E-state index in [-0.39, 0.29) is 12.2 Å². The minimum absolute atomic E-state index is 0.266. The Morgan fingerprint density at radius 3 is 2.65 bits per heavy atom. The van der Waals surface area contributed by atoms with Crippen LogP contribution < -0.4 is 10.5 Å². The first-order valence-electron chi connectivity index (χ1n) is 6.05. The van der Waals surface area contributed by atoms with Crippen molar-refractivity contribution in [3.8, 4) is 5.75 Å². The van der Waals surface area contributed by atoms with Crippen molar-refractivity contribution in [1.29, 1.82) is 0 Å². The Balaban J connectivity index is 2.33. The Morgan fingerprint density at radius 1 is 1.25 bits per heavy atom. The summed E-state index contributed by atoms with van der Waals surface area (Å²) in [6.45, 7) is 0. The fraction of sp³-hybridized carbons (Fsp3) is 0.200. The van der Waals surface area contributed by atoms with Crippen molar-refractivity contribution >= 4 is 23.2 Å². The van der Waals surface area contributed by atoms with Crippen molar-refractivity contribution in [2.75, 3.05) is 7.11 Å². The van der Waals surface area contributed by atoms with Crippen molar-refractivity contribution in [3.05, 3.63) is 63.4 Å². The van der Waals surface area contributed by atoms with Crippen molar-refractivity contribution in [3.63, 3.8) is 0 Å². The third-order valence-electron chi connectivity index (χ3n) is 3.08. The molecule has 20 heavy (non-hydrogen) atoms. The van der Waals surface area contributed by atoms with E-state index in [0.29, 0.717) is 21.4 Å². The lowest BCUT2D eigenvalue weighted by Crippen LogP contribution is -2.15. The first kappa shape index (κ1) is 15.1. The summed E-state index contributed by atoms with van der Waals surface area (Å²) >= 11 is 12.0. The topological polar surface area (TPSA) is 35.2 Å². The molecule has 0 aliphatic carbocycles. The summed E-state index contributed by atoms with van der Waals surface area (Å²) < 4.78 is 19.0. The molecule has 0 bridgehead atoms. The second-order valence-electron chi connectivity index (χ2n) is 4.40. The quantitative estimate of drug-likeness (QED) is 0.909. The van der Waals surface area contributed by atoms with Gasteiger partial charge in [-0.25, -0.2) is 4.39 Å². The highest BCUT2D eigenvalue weighted by molar-refractivity contribution is 6.31. The van der Waals surface area contributed by atoms with Crippen LogP contribution in [0.4, 0.5) is 4.39 Å². The molecule has 0 radical (unpaired) electrons. The van der Waals surface area contributed by atoms with Gasteiger partial charge in [0, 0.05) is 27.2 Å². The van der Waals surface area contributed by atoms with Gasteiger partial charge in [0.15, 0.2) is 0 Å². The zero-order valence-electron chi connectivity index (χ0n) is 10.9. The number of hydrogen-bond donors (Lipinski definition) is 1. The molecule has 2 rings (SSSR count). The van der Waals surface area contributed by atoms with Crippen molar-refractivity contribution in [2.24, 2.45) is 5.73 Å². The van der Waals surface area contributed by atoms with Gasteiger partial charge in [-0.05, 0) is 36.8 Å². The molecule has 2 N–H and O–H groups in total. The van der Waals surface area contributed by atoms with E-state index in [9.17, 15) is 4.39 Å². The molecule has 0 heterocycles. The Morgan fingerprint density at radius 2 is 2.00 bits per heavy atom. The smallest absolute Gasteiger partial charge is 0.127 e. The summed E-state index contributed by atoms with van der Waals surface area (Å²) in [5.74, 6) is 0.253. The maximum absolute atomic E-state index is 13.8. The lowest BCUT2D eigenvalue weighted by Gasteiger charge is -2.17. The van der Waals surface area contributed by atoms with E-state index in [1.807, 2.05) is 0 Å². The lowest BCUT2D eigenvalue weighted by molar-refractivity contribution is 0.405. The number of benzene rings is 2. The van der Waals surface area contributed by atoms with Gasteiger partial charge in [0.25, 0.3) is 0 Å². The molecule has 0 fully saturated rings. The molecule has 5 heteroatoms. The van der Waals surface area contributed by atoms with Gasteiger partial charge in [0.05, 0.1) is 7.11 Å². The van der Waals surface area contributed by atoms with Gasteiger partial charge in [-0.15, -0.1) is 0 Å². The van der Waals surface area contributed by atoms with Crippen LogP contribution in [0.2, 0.25) is 10.0 Å². The maximum atomic E-state index is 13.8. The molecule has 1 atom stereocenters. The Kier molecular flexibility index (Phi) is 4.86. The van der Waals surface area contributed by atoms with Crippen LogP contribution in [0.25, 0.3) is 0 Å². The molecule has 0 saturated heterocycles. The third kappa shape index (κ3) is 3.23. The molecule has 2 aromatic carbocycles. The molecule has 0 spiro atoms. The normalized spacial score (nSPS) is 12.2. The molecular formula is C15H14Cl2FNO. The summed E-state index contributed by atoms with van der Waals surface area (Å²) in [5.41, 5.74) is 7.26. The average Bonchev–Trinajstić information content (AvgIpc) is 2.43. The SMILES string of the molecule is COc1ccc(Cl)cc1C(N)Cc1c(F)cccc1Cl. The Labute approximate surface area is 127 Å². The fourth-order valence-electron chi connectivity index (χ4n) is 2.05. The predicted molar refractivity (Wildman–Crippen MR) is 80.0 cm³/mol. The van der Waals surface area contributed by atoms with Gasteiger partial charge in [-0.2, -0.15) is 0 Å². The van der Waals surface area contributed by atoms with Gasteiger partial charge in [0.2, 0.25) is 0 Å². The van der Waals surface area contributed by atoms with E-state index >= 15 is 0 Å². The first-order valence-corrected chi connectivity index (χ1v) is 6.80. The highest BCUT2D eigenvalue weighted by atomic mass is 35.5. The van der Waals surface area contributed by atoms with Crippen LogP contribution in [0.1, 0.15) is 17.2 Å². The number of nitrogens with two attached hydrogens (primary N) is 1. The summed E-state index contributed by atoms with van der Waals surface area (Å²) in [6, 6.07) is 9.28. The van der Waals surface area contributed by atoms with Crippen LogP contribution >= 0.6 is 23.2 Å². The van der Waals surface area contributed by atoms with Gasteiger partial charge in [-0.1, -0.05) is 29.3 Å². The fourth-order valence-corrected chi connectivity index (χ4v) is 2.47. The van der Waals surface area contributed by atoms with E-state index in [0.717, 1.165) is 5.56 Å². The second kappa shape index (κ2) is 6.44. The number of halogens is 3. The van der Waals surface area contributed by atoms with Gasteiger partial charge in [-0.3, -0.25) is 0 Å². The zero-order valence-corrected chi connectivity index (χ0v) is 12.4. The standard InChI is InChI=1S/C15H14Cl2FNO/c1-20-15-6-5-9(16)7-11(15)14(19)8-10-12(17)3-2-4-13(10)18/h2-7,14H,8,19H2,1H3. The van der Waals surface area contributed by atoms with Crippen LogP contribution in [0.5, 0.6) is 5.75 Å². The van der Waals surface area contributed by atoms with Crippen LogP contribution in [0, 0.1) is 5.82 Å². The molecule has 0 saturated carbocycles. The lowest BCUT2D eigenvalue weighted by atomic mass is 9.98. The summed E-state index contributed by atoms with van der Waals surface area (Å²) in [4.78, 5) is 0. The second-order valence-corrected chi connectivity index (χ2v) is 5.24. The molecule has 0 aliphatic rings. The van der Waals surface area contributed by atoms with E-state index in [2.05, 4.69) is 0 Å². The molecule has 2 aromatic rings. The largest absolute Gasteiger partial charge is 0.496 e. The van der Waals surface area contributed by atoms with E-state index < -0.39 is 6.04 Å². The monoisotopic (exact) mass is 313 g/mol. The van der Waals surface area contributed by atoms with E-state index in [1.54, 1.807) is 37.4 Å². The zero-order chi connectivity index (χ0) is 14.7. The number of methoxy groups -OCH3 is 1. The minimum Gasteiger partial charge on any atom is -0.496 e. The maximum Gasteiger partial charge on any atom is 0.127 e. The molecule has 0 aromatic heterocycles. The molecule has 106 valence electrons. The van der Waals surface area contributed by atoms with Crippen LogP contribution in [-0.2, 0) is 6.42 Å². The van der Waals surface area contributed by atoms with Gasteiger partial charge in [0.1, 0.15) is 11.6 Å². The van der Waals surface area contributed by atoms with Gasteiger partial charge >= 0.3 is 0 Å². The molecular weight excluding hydrogens is 300 g/mol. The molecule has 1 unspecified atom stereocenters. The summed E-state index contributed by atoms with van der Waals surface area (Å²) in [5, 5.41) is 0.914. The number of ether oxygens (including phenoxy) is 1. The van der Waals surface area contributed by atoms with Crippen molar-refractivity contribution in [1.82, 2.24) is 0 Å². The highest BCUT2D eigenvalue weighted by Crippen LogP contribution is 2.31. The third-order valence-corrected chi connectivity index (χ3v) is 3.67. The highest BCUT2D eigenvalue weighted by Gasteiger charge is 2.17. The summed E-state index contributed by atoms with van der Waals surface area (Å²) in [7, 11) is 1.55. The predicted octanol–water partition coefficient (Wildman–Crippen LogP) is 4.38. The van der Waals surface area contributed by atoms with Gasteiger partial charge < -0.3 is 10.5 Å². The van der Waals surface area contributed by atoms with Crippen molar-refractivity contribution < 1.29 is 9.13 Å². The Hall–Kier alpha value is -1.29. The van der Waals surface area contributed by atoms with Crippen LogP contribution in [-0.4, -0.2) is 7.11 Å². The van der Waals surface area contributed by atoms with Crippen molar-refractivity contribution in [2.45, 2.75) is 12.5 Å². The minimum atomic E-state index is -0.460. The van der Waals surface area contributed by atoms with E-state index in [1.165, 1.54) is 6.07 Å².